The van der Waals surface area contributed by atoms with Gasteiger partial charge in [-0.1, -0.05) is 43.3 Å². The second-order valence-electron chi connectivity index (χ2n) is 7.60. The lowest BCUT2D eigenvalue weighted by Gasteiger charge is -2.22. The van der Waals surface area contributed by atoms with Gasteiger partial charge in [-0.25, -0.2) is 0 Å². The Labute approximate surface area is 156 Å². The van der Waals surface area contributed by atoms with E-state index in [1.807, 2.05) is 6.07 Å². The van der Waals surface area contributed by atoms with Gasteiger partial charge in [-0.2, -0.15) is 0 Å². The van der Waals surface area contributed by atoms with Crippen molar-refractivity contribution in [1.82, 2.24) is 0 Å². The molecule has 0 aliphatic heterocycles. The Hall–Kier alpha value is -2.48. The molecule has 26 heavy (non-hydrogen) atoms. The minimum Gasteiger partial charge on any atom is -0.397 e. The van der Waals surface area contributed by atoms with Crippen molar-refractivity contribution in [2.45, 2.75) is 39.5 Å². The van der Waals surface area contributed by atoms with E-state index in [0.717, 1.165) is 24.3 Å². The number of nitrogens with one attached hydrogen (secondary N) is 1. The van der Waals surface area contributed by atoms with Gasteiger partial charge in [0.2, 0.25) is 0 Å². The van der Waals surface area contributed by atoms with E-state index in [9.17, 15) is 0 Å². The first-order valence-corrected chi connectivity index (χ1v) is 9.83. The summed E-state index contributed by atoms with van der Waals surface area (Å²) >= 11 is 0. The summed E-state index contributed by atoms with van der Waals surface area (Å²) in [6, 6.07) is 13.5. The molecule has 0 amide bonds. The lowest BCUT2D eigenvalue weighted by Crippen LogP contribution is -2.04. The Morgan fingerprint density at radius 2 is 1.85 bits per heavy atom. The number of benzene rings is 2. The van der Waals surface area contributed by atoms with Crippen LogP contribution in [0.1, 0.15) is 48.9 Å². The molecule has 0 saturated heterocycles. The number of fused-ring (bicyclic) bond motifs is 1. The molecular formula is C24H28N2. The van der Waals surface area contributed by atoms with Gasteiger partial charge in [-0.05, 0) is 84.1 Å². The molecule has 4 rings (SSSR count). The highest BCUT2D eigenvalue weighted by Gasteiger charge is 2.19. The zero-order chi connectivity index (χ0) is 18.1. The van der Waals surface area contributed by atoms with Crippen LogP contribution in [0, 0.1) is 5.92 Å². The molecule has 2 nitrogen and oxygen atoms in total. The fraction of sp³-hybridized carbons (Fsp3) is 0.333. The van der Waals surface area contributed by atoms with E-state index in [1.54, 1.807) is 5.56 Å². The second-order valence-corrected chi connectivity index (χ2v) is 7.60. The summed E-state index contributed by atoms with van der Waals surface area (Å²) in [4.78, 5) is 0. The summed E-state index contributed by atoms with van der Waals surface area (Å²) in [5, 5.41) is 3.38. The Kier molecular flexibility index (Phi) is 4.58. The first-order valence-electron chi connectivity index (χ1n) is 9.83. The number of nitrogen functional groups attached to an aromatic ring is 1. The molecule has 0 fully saturated rings. The van der Waals surface area contributed by atoms with Crippen LogP contribution in [0.4, 0.5) is 11.4 Å². The van der Waals surface area contributed by atoms with E-state index in [4.69, 9.17) is 5.73 Å². The monoisotopic (exact) mass is 344 g/mol. The number of rotatable bonds is 4. The molecule has 0 saturated carbocycles. The SMILES string of the molecule is CCNc1cc(C2=C(c3ccc4c(c3)CCC4)CC(C)C=C2)ccc1N. The van der Waals surface area contributed by atoms with Gasteiger partial charge < -0.3 is 11.1 Å². The Bertz CT molecular complexity index is 889. The number of aryl methyl sites for hydroxylation is 2. The molecule has 0 spiro atoms. The maximum Gasteiger partial charge on any atom is 0.0580 e. The number of nitrogens with two attached hydrogens (primary N) is 1. The van der Waals surface area contributed by atoms with E-state index >= 15 is 0 Å². The van der Waals surface area contributed by atoms with Crippen molar-refractivity contribution in [2.75, 3.05) is 17.6 Å². The minimum atomic E-state index is 0.573. The summed E-state index contributed by atoms with van der Waals surface area (Å²) in [5.74, 6) is 0.573. The van der Waals surface area contributed by atoms with E-state index in [-0.39, 0.29) is 0 Å². The lowest BCUT2D eigenvalue weighted by atomic mass is 9.83. The number of hydrogen-bond acceptors (Lipinski definition) is 2. The number of hydrogen-bond donors (Lipinski definition) is 2. The van der Waals surface area contributed by atoms with Crippen LogP contribution in [-0.4, -0.2) is 6.54 Å². The lowest BCUT2D eigenvalue weighted by molar-refractivity contribution is 0.750. The Balaban J connectivity index is 1.82. The predicted molar refractivity (Wildman–Crippen MR) is 113 cm³/mol. The summed E-state index contributed by atoms with van der Waals surface area (Å²) in [6.07, 6.45) is 9.48. The van der Waals surface area contributed by atoms with Crippen LogP contribution in [0.25, 0.3) is 11.1 Å². The van der Waals surface area contributed by atoms with Gasteiger partial charge in [0.1, 0.15) is 0 Å². The average Bonchev–Trinajstić information content (AvgIpc) is 3.11. The predicted octanol–water partition coefficient (Wildman–Crippen LogP) is 5.70. The molecule has 3 N–H and O–H groups in total. The zero-order valence-corrected chi connectivity index (χ0v) is 15.8. The summed E-state index contributed by atoms with van der Waals surface area (Å²) in [5.41, 5.74) is 16.5. The maximum absolute atomic E-state index is 6.14. The van der Waals surface area contributed by atoms with E-state index in [0.29, 0.717) is 5.92 Å². The smallest absolute Gasteiger partial charge is 0.0580 e. The largest absolute Gasteiger partial charge is 0.397 e. The van der Waals surface area contributed by atoms with Crippen LogP contribution in [0.5, 0.6) is 0 Å². The molecule has 2 aliphatic carbocycles. The second kappa shape index (κ2) is 7.03. The topological polar surface area (TPSA) is 38.0 Å². The van der Waals surface area contributed by atoms with Gasteiger partial charge in [0.05, 0.1) is 11.4 Å². The van der Waals surface area contributed by atoms with Crippen LogP contribution in [0.15, 0.2) is 48.6 Å². The van der Waals surface area contributed by atoms with Gasteiger partial charge in [0.15, 0.2) is 0 Å². The van der Waals surface area contributed by atoms with Gasteiger partial charge in [-0.15, -0.1) is 0 Å². The third kappa shape index (κ3) is 3.16. The molecule has 0 radical (unpaired) electrons. The molecule has 2 heteroatoms. The number of anilines is 2. The molecular weight excluding hydrogens is 316 g/mol. The molecule has 134 valence electrons. The standard InChI is InChI=1S/C24H28N2/c1-3-26-24-15-20(10-12-23(24)25)21-11-7-16(2)13-22(21)19-9-8-17-5-4-6-18(17)14-19/h7-12,14-16,26H,3-6,13,25H2,1-2H3. The van der Waals surface area contributed by atoms with Crippen molar-refractivity contribution in [2.24, 2.45) is 5.92 Å². The van der Waals surface area contributed by atoms with Gasteiger partial charge >= 0.3 is 0 Å². The van der Waals surface area contributed by atoms with Crippen LogP contribution in [0.2, 0.25) is 0 Å². The third-order valence-electron chi connectivity index (χ3n) is 5.62. The third-order valence-corrected chi connectivity index (χ3v) is 5.62. The van der Waals surface area contributed by atoms with E-state index in [2.05, 4.69) is 61.6 Å². The summed E-state index contributed by atoms with van der Waals surface area (Å²) in [7, 11) is 0. The molecule has 0 bridgehead atoms. The van der Waals surface area contributed by atoms with Crippen LogP contribution in [0.3, 0.4) is 0 Å². The Morgan fingerprint density at radius 1 is 1.04 bits per heavy atom. The van der Waals surface area contributed by atoms with Crippen LogP contribution >= 0.6 is 0 Å². The normalized spacial score (nSPS) is 18.9. The zero-order valence-electron chi connectivity index (χ0n) is 15.8. The fourth-order valence-corrected chi connectivity index (χ4v) is 4.23. The highest BCUT2D eigenvalue weighted by Crippen LogP contribution is 2.39. The fourth-order valence-electron chi connectivity index (χ4n) is 4.23. The summed E-state index contributed by atoms with van der Waals surface area (Å²) < 4.78 is 0. The van der Waals surface area contributed by atoms with Gasteiger partial charge in [-0.3, -0.25) is 0 Å². The van der Waals surface area contributed by atoms with Crippen molar-refractivity contribution in [3.63, 3.8) is 0 Å². The minimum absolute atomic E-state index is 0.573. The first kappa shape index (κ1) is 17.0. The molecule has 2 aliphatic rings. The molecule has 1 unspecified atom stereocenters. The molecule has 1 atom stereocenters. The molecule has 2 aromatic rings. The first-order chi connectivity index (χ1) is 12.7. The summed E-state index contributed by atoms with van der Waals surface area (Å²) in [6.45, 7) is 5.27. The average molecular weight is 345 g/mol. The van der Waals surface area contributed by atoms with E-state index < -0.39 is 0 Å². The van der Waals surface area contributed by atoms with Crippen molar-refractivity contribution in [3.05, 3.63) is 70.8 Å². The Morgan fingerprint density at radius 3 is 2.69 bits per heavy atom. The molecule has 0 aromatic heterocycles. The van der Waals surface area contributed by atoms with Crippen molar-refractivity contribution < 1.29 is 0 Å². The highest BCUT2D eigenvalue weighted by atomic mass is 14.9. The quantitative estimate of drug-likeness (QED) is 0.699. The molecule has 0 heterocycles. The van der Waals surface area contributed by atoms with Crippen LogP contribution in [-0.2, 0) is 12.8 Å². The van der Waals surface area contributed by atoms with Crippen molar-refractivity contribution in [3.8, 4) is 0 Å². The van der Waals surface area contributed by atoms with Crippen molar-refractivity contribution >= 4 is 22.5 Å². The van der Waals surface area contributed by atoms with Gasteiger partial charge in [0.25, 0.3) is 0 Å². The van der Waals surface area contributed by atoms with E-state index in [1.165, 1.54) is 47.1 Å². The van der Waals surface area contributed by atoms with Gasteiger partial charge in [0, 0.05) is 6.54 Å². The number of allylic oxidation sites excluding steroid dienone is 4. The maximum atomic E-state index is 6.14. The molecule has 2 aromatic carbocycles. The van der Waals surface area contributed by atoms with Crippen molar-refractivity contribution in [1.29, 1.82) is 0 Å². The van der Waals surface area contributed by atoms with Crippen LogP contribution < -0.4 is 11.1 Å². The highest BCUT2D eigenvalue weighted by molar-refractivity contribution is 5.97.